The van der Waals surface area contributed by atoms with Crippen molar-refractivity contribution in [2.24, 2.45) is 11.0 Å². The number of methoxy groups -OCH3 is 1. The molecule has 0 saturated heterocycles. The van der Waals surface area contributed by atoms with Crippen LogP contribution in [0.2, 0.25) is 0 Å². The van der Waals surface area contributed by atoms with Gasteiger partial charge >= 0.3 is 0 Å². The third kappa shape index (κ3) is 7.15. The molecule has 0 spiro atoms. The van der Waals surface area contributed by atoms with Gasteiger partial charge in [0.25, 0.3) is 5.91 Å². The molecule has 1 aromatic heterocycles. The first kappa shape index (κ1) is 28.6. The van der Waals surface area contributed by atoms with E-state index in [1.54, 1.807) is 37.4 Å². The zero-order chi connectivity index (χ0) is 28.5. The number of hydrogen-bond donors (Lipinski definition) is 1. The van der Waals surface area contributed by atoms with Crippen LogP contribution < -0.4 is 15.0 Å². The molecular weight excluding hydrogens is 506 g/mol. The van der Waals surface area contributed by atoms with Gasteiger partial charge in [-0.15, -0.1) is 0 Å². The summed E-state index contributed by atoms with van der Waals surface area (Å²) in [5.41, 5.74) is 10.8. The first-order chi connectivity index (χ1) is 19.4. The molecule has 10 heteroatoms. The Morgan fingerprint density at radius 3 is 2.40 bits per heavy atom. The maximum absolute atomic E-state index is 14.3. The van der Waals surface area contributed by atoms with Gasteiger partial charge < -0.3 is 10.1 Å². The molecule has 208 valence electrons. The summed E-state index contributed by atoms with van der Waals surface area (Å²) in [6.07, 6.45) is 5.62. The molecule has 1 aliphatic carbocycles. The van der Waals surface area contributed by atoms with Gasteiger partial charge in [0.05, 0.1) is 12.8 Å². The summed E-state index contributed by atoms with van der Waals surface area (Å²) in [7, 11) is 1.57. The van der Waals surface area contributed by atoms with Crippen LogP contribution in [0.3, 0.4) is 0 Å². The van der Waals surface area contributed by atoms with Crippen LogP contribution in [0.4, 0.5) is 11.6 Å². The maximum Gasteiger partial charge on any atom is 0.277 e. The monoisotopic (exact) mass is 541 g/mol. The van der Waals surface area contributed by atoms with E-state index < -0.39 is 11.9 Å². The van der Waals surface area contributed by atoms with Crippen LogP contribution in [0.25, 0.3) is 21.7 Å². The summed E-state index contributed by atoms with van der Waals surface area (Å²) < 4.78 is 5.32. The van der Waals surface area contributed by atoms with Gasteiger partial charge in [-0.05, 0) is 66.2 Å². The molecule has 0 radical (unpaired) electrons. The van der Waals surface area contributed by atoms with Crippen LogP contribution in [0.15, 0.2) is 65.8 Å². The minimum absolute atomic E-state index is 0.0197. The van der Waals surface area contributed by atoms with Gasteiger partial charge in [-0.1, -0.05) is 63.4 Å². The molecule has 1 aliphatic rings. The molecule has 10 nitrogen and oxygen atoms in total. The van der Waals surface area contributed by atoms with E-state index in [9.17, 15) is 9.59 Å². The highest BCUT2D eigenvalue weighted by atomic mass is 16.5. The predicted molar refractivity (Wildman–Crippen MR) is 154 cm³/mol. The van der Waals surface area contributed by atoms with E-state index in [0.29, 0.717) is 23.6 Å². The zero-order valence-corrected chi connectivity index (χ0v) is 23.2. The normalized spacial score (nSPS) is 14.2. The minimum Gasteiger partial charge on any atom is -0.497 e. The smallest absolute Gasteiger partial charge is 0.277 e. The Bertz CT molecular complexity index is 1350. The van der Waals surface area contributed by atoms with Crippen molar-refractivity contribution in [3.05, 3.63) is 76.8 Å². The van der Waals surface area contributed by atoms with Crippen LogP contribution >= 0.6 is 0 Å². The number of nitrogens with one attached hydrogen (secondary N) is 1. The van der Waals surface area contributed by atoms with E-state index in [4.69, 9.17) is 10.3 Å². The van der Waals surface area contributed by atoms with E-state index in [1.807, 2.05) is 44.2 Å². The maximum atomic E-state index is 14.3. The highest BCUT2D eigenvalue weighted by molar-refractivity contribution is 6.09. The van der Waals surface area contributed by atoms with Gasteiger partial charge in [0, 0.05) is 22.2 Å². The molecule has 1 heterocycles. The van der Waals surface area contributed by atoms with E-state index in [2.05, 4.69) is 25.3 Å². The second kappa shape index (κ2) is 13.6. The van der Waals surface area contributed by atoms with Crippen LogP contribution in [0, 0.1) is 5.92 Å². The lowest BCUT2D eigenvalue weighted by atomic mass is 9.94. The van der Waals surface area contributed by atoms with Crippen molar-refractivity contribution in [2.75, 3.05) is 12.0 Å². The minimum atomic E-state index is -0.791. The number of nitrogens with zero attached hydrogens (tertiary/aromatic N) is 6. The average Bonchev–Trinajstić information content (AvgIpc) is 2.98. The molecule has 3 aromatic rings. The van der Waals surface area contributed by atoms with Crippen LogP contribution in [0.5, 0.6) is 5.75 Å². The molecular formula is C30H35N7O3. The number of hydrogen-bond acceptors (Lipinski definition) is 6. The fourth-order valence-electron chi connectivity index (χ4n) is 5.01. The topological polar surface area (TPSA) is 133 Å². The van der Waals surface area contributed by atoms with Crippen molar-refractivity contribution in [3.63, 3.8) is 0 Å². The Labute approximate surface area is 234 Å². The second-order valence-electron chi connectivity index (χ2n) is 10.4. The van der Waals surface area contributed by atoms with Gasteiger partial charge in [0.2, 0.25) is 11.9 Å². The second-order valence-corrected chi connectivity index (χ2v) is 10.4. The highest BCUT2D eigenvalue weighted by Crippen LogP contribution is 2.28. The number of amides is 2. The highest BCUT2D eigenvalue weighted by Gasteiger charge is 2.34. The Kier molecular flexibility index (Phi) is 9.70. The lowest BCUT2D eigenvalue weighted by Crippen LogP contribution is -2.53. The van der Waals surface area contributed by atoms with Crippen molar-refractivity contribution in [3.8, 4) is 17.0 Å². The van der Waals surface area contributed by atoms with Crippen molar-refractivity contribution < 1.29 is 14.3 Å². The molecule has 0 aliphatic heterocycles. The van der Waals surface area contributed by atoms with Gasteiger partial charge in [0.15, 0.2) is 0 Å². The summed E-state index contributed by atoms with van der Waals surface area (Å²) >= 11 is 0. The fraction of sp³-hybridized carbons (Fsp3) is 0.400. The number of carbonyl (C=O) groups is 2. The van der Waals surface area contributed by atoms with Gasteiger partial charge in [0.1, 0.15) is 17.5 Å². The molecule has 0 bridgehead atoms. The van der Waals surface area contributed by atoms with E-state index >= 15 is 0 Å². The van der Waals surface area contributed by atoms with E-state index in [0.717, 1.165) is 31.2 Å². The largest absolute Gasteiger partial charge is 0.497 e. The Morgan fingerprint density at radius 2 is 1.77 bits per heavy atom. The predicted octanol–water partition coefficient (Wildman–Crippen LogP) is 6.60. The first-order valence-corrected chi connectivity index (χ1v) is 13.7. The third-order valence-electron chi connectivity index (χ3n) is 6.97. The Balaban J connectivity index is 1.80. The number of aromatic nitrogens is 2. The number of anilines is 1. The molecule has 1 fully saturated rings. The van der Waals surface area contributed by atoms with E-state index in [-0.39, 0.29) is 29.5 Å². The summed E-state index contributed by atoms with van der Waals surface area (Å²) in [6, 6.07) is 17.1. The molecule has 2 amide bonds. The van der Waals surface area contributed by atoms with Crippen LogP contribution in [-0.4, -0.2) is 41.0 Å². The fourth-order valence-corrected chi connectivity index (χ4v) is 5.01. The number of rotatable bonds is 10. The van der Waals surface area contributed by atoms with Crippen LogP contribution in [0.1, 0.15) is 62.9 Å². The standard InChI is InChI=1S/C30H35N7O3/c1-20(2)18-27(28(38)32-22-12-8-5-9-13-22)37(23-14-16-24(40-3)17-15-23)29(39)26-19-25(21-10-6-4-7-11-21)33-30(34-26)35-36-31/h4,6-7,10-11,14-17,19-20,22,27H,5,8-9,12-13,18H2,1-3H3,(H,32,38)/t27-/m1/s1. The SMILES string of the molecule is COc1ccc(N(C(=O)c2cc(-c3ccccc3)nc(N=[N+]=[N-])n2)[C@H](CC(C)C)C(=O)NC2CCCCC2)cc1. The number of ether oxygens (including phenoxy) is 1. The third-order valence-corrected chi connectivity index (χ3v) is 6.97. The molecule has 2 aromatic carbocycles. The van der Waals surface area contributed by atoms with Crippen molar-refractivity contribution >= 4 is 23.5 Å². The first-order valence-electron chi connectivity index (χ1n) is 13.7. The molecule has 1 saturated carbocycles. The molecule has 4 rings (SSSR count). The summed E-state index contributed by atoms with van der Waals surface area (Å²) in [5.74, 6) is -0.114. The zero-order valence-electron chi connectivity index (χ0n) is 23.2. The summed E-state index contributed by atoms with van der Waals surface area (Å²) in [5, 5.41) is 6.80. The lowest BCUT2D eigenvalue weighted by Gasteiger charge is -2.34. The molecule has 1 atom stereocenters. The van der Waals surface area contributed by atoms with Crippen molar-refractivity contribution in [1.29, 1.82) is 0 Å². The van der Waals surface area contributed by atoms with Gasteiger partial charge in [-0.2, -0.15) is 0 Å². The summed E-state index contributed by atoms with van der Waals surface area (Å²) in [4.78, 5) is 41.1. The van der Waals surface area contributed by atoms with Gasteiger partial charge in [-0.3, -0.25) is 14.5 Å². The van der Waals surface area contributed by atoms with Crippen LogP contribution in [-0.2, 0) is 4.79 Å². The number of azide groups is 1. The quantitative estimate of drug-likeness (QED) is 0.175. The van der Waals surface area contributed by atoms with Crippen molar-refractivity contribution in [2.45, 2.75) is 64.5 Å². The molecule has 1 N–H and O–H groups in total. The molecule has 0 unspecified atom stereocenters. The molecule has 40 heavy (non-hydrogen) atoms. The van der Waals surface area contributed by atoms with E-state index in [1.165, 1.54) is 11.3 Å². The van der Waals surface area contributed by atoms with Crippen molar-refractivity contribution in [1.82, 2.24) is 15.3 Å². The lowest BCUT2D eigenvalue weighted by molar-refractivity contribution is -0.123. The van der Waals surface area contributed by atoms with Gasteiger partial charge in [-0.25, -0.2) is 9.97 Å². The average molecular weight is 542 g/mol. The Hall–Kier alpha value is -4.43. The number of benzene rings is 2. The number of carbonyl (C=O) groups excluding carboxylic acids is 2. The Morgan fingerprint density at radius 1 is 1.07 bits per heavy atom. The summed E-state index contributed by atoms with van der Waals surface area (Å²) in [6.45, 7) is 4.05.